The van der Waals surface area contributed by atoms with Crippen LogP contribution in [0.25, 0.3) is 0 Å². The number of methoxy groups -OCH3 is 1. The van der Waals surface area contributed by atoms with E-state index in [0.717, 1.165) is 38.0 Å². The van der Waals surface area contributed by atoms with Crippen LogP contribution in [0.2, 0.25) is 0 Å². The highest BCUT2D eigenvalue weighted by molar-refractivity contribution is 7.88. The van der Waals surface area contributed by atoms with Gasteiger partial charge in [0.05, 0.1) is 6.26 Å². The van der Waals surface area contributed by atoms with Gasteiger partial charge >= 0.3 is 0 Å². The van der Waals surface area contributed by atoms with Crippen LogP contribution in [0.5, 0.6) is 0 Å². The second kappa shape index (κ2) is 8.25. The Morgan fingerprint density at radius 3 is 2.23 bits per heavy atom. The van der Waals surface area contributed by atoms with Crippen molar-refractivity contribution in [3.63, 3.8) is 0 Å². The average molecular weight is 433 g/mol. The summed E-state index contributed by atoms with van der Waals surface area (Å²) in [5.41, 5.74) is -1.11. The Bertz CT molecular complexity index is 910. The average Bonchev–Trinajstić information content (AvgIpc) is 2.78. The van der Waals surface area contributed by atoms with Crippen LogP contribution in [-0.2, 0) is 20.4 Å². The maximum atomic E-state index is 11.9. The summed E-state index contributed by atoms with van der Waals surface area (Å²) < 4.78 is 31.3. The van der Waals surface area contributed by atoms with Gasteiger partial charge in [0.1, 0.15) is 5.60 Å². The fraction of sp³-hybridized carbons (Fsp3) is 0.652. The van der Waals surface area contributed by atoms with E-state index in [2.05, 4.69) is 16.7 Å². The summed E-state index contributed by atoms with van der Waals surface area (Å²) in [6, 6.07) is 9.57. The van der Waals surface area contributed by atoms with Gasteiger partial charge in [0, 0.05) is 38.6 Å². The fourth-order valence-corrected chi connectivity index (χ4v) is 6.23. The van der Waals surface area contributed by atoms with Crippen molar-refractivity contribution < 1.29 is 18.3 Å². The highest BCUT2D eigenvalue weighted by Crippen LogP contribution is 2.40. The van der Waals surface area contributed by atoms with Crippen molar-refractivity contribution >= 4 is 10.0 Å². The van der Waals surface area contributed by atoms with Crippen LogP contribution in [-0.4, -0.2) is 74.4 Å². The Morgan fingerprint density at radius 1 is 1.10 bits per heavy atom. The molecule has 0 amide bonds. The molecule has 6 nitrogen and oxygen atoms in total. The van der Waals surface area contributed by atoms with Gasteiger partial charge in [0.15, 0.2) is 5.60 Å². The summed E-state index contributed by atoms with van der Waals surface area (Å²) in [4.78, 5) is 2.39. The van der Waals surface area contributed by atoms with Crippen molar-refractivity contribution in [3.8, 4) is 11.8 Å². The van der Waals surface area contributed by atoms with Crippen LogP contribution in [0.15, 0.2) is 30.3 Å². The van der Waals surface area contributed by atoms with Gasteiger partial charge in [-0.25, -0.2) is 12.7 Å². The summed E-state index contributed by atoms with van der Waals surface area (Å²) in [6.07, 6.45) is 4.52. The van der Waals surface area contributed by atoms with E-state index in [-0.39, 0.29) is 5.92 Å². The minimum absolute atomic E-state index is 0.139. The molecule has 0 saturated carbocycles. The number of rotatable bonds is 4. The first-order valence-corrected chi connectivity index (χ1v) is 12.7. The SMILES string of the molecule is COC1(C#CC(O)(c2ccccc2)C2CCN(S(C)(=O)=O)CC2)CN2CCC1CC2. The van der Waals surface area contributed by atoms with E-state index in [9.17, 15) is 13.5 Å². The second-order valence-electron chi connectivity index (χ2n) is 8.96. The first kappa shape index (κ1) is 21.8. The van der Waals surface area contributed by atoms with E-state index in [1.165, 1.54) is 10.6 Å². The van der Waals surface area contributed by atoms with E-state index in [0.29, 0.717) is 31.8 Å². The van der Waals surface area contributed by atoms with Gasteiger partial charge in [0.2, 0.25) is 10.0 Å². The van der Waals surface area contributed by atoms with Gasteiger partial charge < -0.3 is 9.84 Å². The molecule has 0 radical (unpaired) electrons. The molecule has 4 fully saturated rings. The van der Waals surface area contributed by atoms with Gasteiger partial charge in [-0.05, 0) is 44.3 Å². The molecule has 2 unspecified atom stereocenters. The van der Waals surface area contributed by atoms with E-state index >= 15 is 0 Å². The van der Waals surface area contributed by atoms with Crippen molar-refractivity contribution in [2.24, 2.45) is 11.8 Å². The standard InChI is InChI=1S/C23H32N2O4S/c1-29-22(18-24-14-8-19(22)9-15-24)12-13-23(26,20-6-4-3-5-7-20)21-10-16-25(17-11-21)30(2,27)28/h3-7,19,21,26H,8-11,14-18H2,1-2H3. The number of benzene rings is 1. The van der Waals surface area contributed by atoms with Crippen molar-refractivity contribution in [3.05, 3.63) is 35.9 Å². The molecule has 4 heterocycles. The summed E-state index contributed by atoms with van der Waals surface area (Å²) in [5.74, 6) is 6.91. The van der Waals surface area contributed by atoms with Crippen LogP contribution in [0.4, 0.5) is 0 Å². The van der Waals surface area contributed by atoms with Gasteiger partial charge in [-0.3, -0.25) is 4.90 Å². The van der Waals surface area contributed by atoms with Gasteiger partial charge in [-0.1, -0.05) is 42.2 Å². The van der Waals surface area contributed by atoms with Gasteiger partial charge in [-0.2, -0.15) is 0 Å². The number of ether oxygens (including phenoxy) is 1. The Labute approximate surface area is 180 Å². The molecule has 30 heavy (non-hydrogen) atoms. The van der Waals surface area contributed by atoms with Crippen molar-refractivity contribution in [1.82, 2.24) is 9.21 Å². The van der Waals surface area contributed by atoms with Gasteiger partial charge in [0.25, 0.3) is 0 Å². The third-order valence-electron chi connectivity index (χ3n) is 7.26. The molecule has 164 valence electrons. The van der Waals surface area contributed by atoms with Crippen LogP contribution >= 0.6 is 0 Å². The number of hydrogen-bond acceptors (Lipinski definition) is 5. The minimum atomic E-state index is -3.22. The number of aliphatic hydroxyl groups is 1. The first-order valence-electron chi connectivity index (χ1n) is 10.8. The Morgan fingerprint density at radius 2 is 1.73 bits per heavy atom. The summed E-state index contributed by atoms with van der Waals surface area (Å²) in [6.45, 7) is 3.77. The van der Waals surface area contributed by atoms with Crippen molar-refractivity contribution in [2.45, 2.75) is 36.9 Å². The molecule has 4 aliphatic heterocycles. The van der Waals surface area contributed by atoms with Crippen LogP contribution in [0.3, 0.4) is 0 Å². The topological polar surface area (TPSA) is 70.1 Å². The summed E-state index contributed by atoms with van der Waals surface area (Å²) >= 11 is 0. The zero-order valence-electron chi connectivity index (χ0n) is 17.9. The largest absolute Gasteiger partial charge is 0.373 e. The molecule has 1 aromatic carbocycles. The summed E-state index contributed by atoms with van der Waals surface area (Å²) in [7, 11) is -1.49. The zero-order chi connectivity index (χ0) is 21.4. The maximum absolute atomic E-state index is 11.9. The highest BCUT2D eigenvalue weighted by atomic mass is 32.2. The molecule has 0 aliphatic carbocycles. The van der Waals surface area contributed by atoms with Crippen LogP contribution in [0, 0.1) is 23.7 Å². The maximum Gasteiger partial charge on any atom is 0.211 e. The third-order valence-corrected chi connectivity index (χ3v) is 8.57. The molecule has 7 heteroatoms. The molecule has 4 aliphatic rings. The number of nitrogens with zero attached hydrogens (tertiary/aromatic N) is 2. The number of hydrogen-bond donors (Lipinski definition) is 1. The Balaban J connectivity index is 1.66. The summed E-state index contributed by atoms with van der Waals surface area (Å²) in [5, 5.41) is 11.9. The molecule has 2 atom stereocenters. The van der Waals surface area contributed by atoms with E-state index in [1.807, 2.05) is 30.3 Å². The Kier molecular flexibility index (Phi) is 5.99. The number of sulfonamides is 1. The minimum Gasteiger partial charge on any atom is -0.373 e. The van der Waals surface area contributed by atoms with E-state index < -0.39 is 21.2 Å². The second-order valence-corrected chi connectivity index (χ2v) is 10.9. The normalized spacial score (nSPS) is 32.2. The molecular weight excluding hydrogens is 400 g/mol. The van der Waals surface area contributed by atoms with Crippen molar-refractivity contribution in [2.75, 3.05) is 46.1 Å². The smallest absolute Gasteiger partial charge is 0.211 e. The molecule has 5 rings (SSSR count). The predicted octanol–water partition coefficient (Wildman–Crippen LogP) is 1.66. The quantitative estimate of drug-likeness (QED) is 0.733. The zero-order valence-corrected chi connectivity index (χ0v) is 18.7. The van der Waals surface area contributed by atoms with Gasteiger partial charge in [-0.15, -0.1) is 0 Å². The van der Waals surface area contributed by atoms with Crippen LogP contribution < -0.4 is 0 Å². The molecule has 2 bridgehead atoms. The Hall–Kier alpha value is -1.43. The first-order chi connectivity index (χ1) is 14.3. The third kappa shape index (κ3) is 4.04. The lowest BCUT2D eigenvalue weighted by Crippen LogP contribution is -2.59. The lowest BCUT2D eigenvalue weighted by atomic mass is 9.73. The molecular formula is C23H32N2O4S. The predicted molar refractivity (Wildman–Crippen MR) is 116 cm³/mol. The molecule has 1 aromatic rings. The number of fused-ring (bicyclic) bond motifs is 3. The van der Waals surface area contributed by atoms with E-state index in [1.54, 1.807) is 7.11 Å². The molecule has 0 aromatic heterocycles. The highest BCUT2D eigenvalue weighted by Gasteiger charge is 2.47. The van der Waals surface area contributed by atoms with E-state index in [4.69, 9.17) is 4.74 Å². The van der Waals surface area contributed by atoms with Crippen LogP contribution in [0.1, 0.15) is 31.2 Å². The van der Waals surface area contributed by atoms with Crippen molar-refractivity contribution in [1.29, 1.82) is 0 Å². The molecule has 4 saturated heterocycles. The lowest BCUT2D eigenvalue weighted by molar-refractivity contribution is -0.0968. The lowest BCUT2D eigenvalue weighted by Gasteiger charge is -2.50. The molecule has 0 spiro atoms. The number of piperidine rings is 4. The monoisotopic (exact) mass is 432 g/mol. The molecule has 1 N–H and O–H groups in total. The fourth-order valence-electron chi connectivity index (χ4n) is 5.35.